The first-order chi connectivity index (χ1) is 15.6. The Morgan fingerprint density at radius 2 is 1.94 bits per heavy atom. The molecule has 166 valence electrons. The second-order valence-corrected chi connectivity index (χ2v) is 9.26. The van der Waals surface area contributed by atoms with Crippen molar-refractivity contribution >= 4 is 28.8 Å². The van der Waals surface area contributed by atoms with Gasteiger partial charge in [-0.2, -0.15) is 0 Å². The van der Waals surface area contributed by atoms with Gasteiger partial charge in [0.1, 0.15) is 19.0 Å². The Bertz CT molecular complexity index is 1120. The number of likely N-dealkylation sites (tertiary alicyclic amines) is 1. The number of hydrogen-bond acceptors (Lipinski definition) is 5. The lowest BCUT2D eigenvalue weighted by atomic mass is 9.97. The van der Waals surface area contributed by atoms with Crippen LogP contribution in [-0.4, -0.2) is 42.1 Å². The van der Waals surface area contributed by atoms with E-state index in [1.807, 2.05) is 18.2 Å². The van der Waals surface area contributed by atoms with Crippen molar-refractivity contribution in [1.29, 1.82) is 0 Å². The molecule has 5 rings (SSSR count). The number of aromatic nitrogens is 1. The fourth-order valence-corrected chi connectivity index (χ4v) is 5.38. The first-order valence-corrected chi connectivity index (χ1v) is 11.9. The molecule has 2 aliphatic heterocycles. The summed E-state index contributed by atoms with van der Waals surface area (Å²) < 4.78 is 25.3. The minimum atomic E-state index is -0.435. The minimum absolute atomic E-state index is 0.0122. The topological polar surface area (TPSA) is 51.7 Å². The van der Waals surface area contributed by atoms with Gasteiger partial charge < -0.3 is 14.4 Å². The maximum atomic E-state index is 14.0. The zero-order chi connectivity index (χ0) is 22.1. The molecule has 8 heteroatoms. The number of ether oxygens (including phenoxy) is 2. The van der Waals surface area contributed by atoms with E-state index in [0.29, 0.717) is 37.2 Å². The molecule has 0 aliphatic carbocycles. The third kappa shape index (κ3) is 4.32. The third-order valence-corrected chi connectivity index (χ3v) is 7.31. The number of halogens is 2. The molecule has 0 saturated carbocycles. The Labute approximate surface area is 194 Å². The molecule has 0 bridgehead atoms. The van der Waals surface area contributed by atoms with Crippen LogP contribution in [0.3, 0.4) is 0 Å². The van der Waals surface area contributed by atoms with Gasteiger partial charge in [0, 0.05) is 40.5 Å². The number of piperidine rings is 1. The van der Waals surface area contributed by atoms with Gasteiger partial charge in [-0.3, -0.25) is 4.79 Å². The van der Waals surface area contributed by atoms with Gasteiger partial charge in [0.15, 0.2) is 11.5 Å². The van der Waals surface area contributed by atoms with Gasteiger partial charge in [0.2, 0.25) is 5.91 Å². The van der Waals surface area contributed by atoms with E-state index in [0.717, 1.165) is 40.6 Å². The Morgan fingerprint density at radius 1 is 1.16 bits per heavy atom. The van der Waals surface area contributed by atoms with Crippen LogP contribution in [0, 0.1) is 5.82 Å². The molecule has 0 N–H and O–H groups in total. The van der Waals surface area contributed by atoms with Crippen LogP contribution >= 0.6 is 22.9 Å². The Balaban J connectivity index is 1.22. The Morgan fingerprint density at radius 3 is 2.72 bits per heavy atom. The molecule has 0 unspecified atom stereocenters. The van der Waals surface area contributed by atoms with E-state index >= 15 is 0 Å². The number of carbonyl (C=O) groups is 1. The van der Waals surface area contributed by atoms with Gasteiger partial charge in [0.05, 0.1) is 17.1 Å². The highest BCUT2D eigenvalue weighted by Gasteiger charge is 2.27. The highest BCUT2D eigenvalue weighted by Crippen LogP contribution is 2.37. The van der Waals surface area contributed by atoms with E-state index in [9.17, 15) is 9.18 Å². The summed E-state index contributed by atoms with van der Waals surface area (Å²) in [5, 5.41) is 3.44. The predicted molar refractivity (Wildman–Crippen MR) is 122 cm³/mol. The number of benzene rings is 2. The number of fused-ring (bicyclic) bond motifs is 1. The average Bonchev–Trinajstić information content (AvgIpc) is 3.32. The molecule has 2 aliphatic rings. The summed E-state index contributed by atoms with van der Waals surface area (Å²) in [6.07, 6.45) is 1.66. The van der Waals surface area contributed by atoms with Gasteiger partial charge in [-0.1, -0.05) is 17.7 Å². The van der Waals surface area contributed by atoms with Crippen LogP contribution in [0.2, 0.25) is 5.02 Å². The smallest absolute Gasteiger partial charge is 0.227 e. The van der Waals surface area contributed by atoms with Gasteiger partial charge in [-0.05, 0) is 43.2 Å². The molecule has 1 saturated heterocycles. The first-order valence-electron chi connectivity index (χ1n) is 10.6. The monoisotopic (exact) mass is 472 g/mol. The zero-order valence-electron chi connectivity index (χ0n) is 17.4. The summed E-state index contributed by atoms with van der Waals surface area (Å²) in [6, 6.07) is 10.4. The lowest BCUT2D eigenvalue weighted by Gasteiger charge is -2.31. The molecule has 0 spiro atoms. The summed E-state index contributed by atoms with van der Waals surface area (Å²) in [7, 11) is 0. The van der Waals surface area contributed by atoms with Crippen molar-refractivity contribution in [2.45, 2.75) is 25.2 Å². The van der Waals surface area contributed by atoms with Crippen molar-refractivity contribution in [3.63, 3.8) is 0 Å². The maximum absolute atomic E-state index is 14.0. The molecule has 1 fully saturated rings. The summed E-state index contributed by atoms with van der Waals surface area (Å²) in [5.41, 5.74) is 2.20. The molecule has 3 heterocycles. The predicted octanol–water partition coefficient (Wildman–Crippen LogP) is 5.32. The molecule has 1 amide bonds. The van der Waals surface area contributed by atoms with Gasteiger partial charge in [-0.25, -0.2) is 9.37 Å². The normalized spacial score (nSPS) is 16.2. The summed E-state index contributed by atoms with van der Waals surface area (Å²) in [4.78, 5) is 19.4. The molecule has 2 aromatic carbocycles. The van der Waals surface area contributed by atoms with Crippen LogP contribution in [0.1, 0.15) is 29.3 Å². The SMILES string of the molecule is O=C(Cc1c(F)cccc1Cl)N1CCC(c2nc(-c3ccc4c(c3)OCCO4)cs2)CC1. The van der Waals surface area contributed by atoms with Crippen molar-refractivity contribution in [3.05, 3.63) is 63.2 Å². The summed E-state index contributed by atoms with van der Waals surface area (Å²) >= 11 is 7.73. The number of thiazole rings is 1. The van der Waals surface area contributed by atoms with Crippen LogP contribution in [0.25, 0.3) is 11.3 Å². The average molecular weight is 473 g/mol. The van der Waals surface area contributed by atoms with E-state index in [1.54, 1.807) is 28.4 Å². The Hall–Kier alpha value is -2.64. The first kappa shape index (κ1) is 21.2. The fraction of sp³-hybridized carbons (Fsp3) is 0.333. The summed E-state index contributed by atoms with van der Waals surface area (Å²) in [5.74, 6) is 1.31. The molecule has 3 aromatic rings. The maximum Gasteiger partial charge on any atom is 0.227 e. The zero-order valence-corrected chi connectivity index (χ0v) is 18.9. The van der Waals surface area contributed by atoms with E-state index in [-0.39, 0.29) is 17.9 Å². The lowest BCUT2D eigenvalue weighted by Crippen LogP contribution is -2.38. The van der Waals surface area contributed by atoms with Gasteiger partial charge in [0.25, 0.3) is 0 Å². The van der Waals surface area contributed by atoms with Crippen molar-refractivity contribution in [2.75, 3.05) is 26.3 Å². The highest BCUT2D eigenvalue weighted by molar-refractivity contribution is 7.10. The number of carbonyl (C=O) groups excluding carboxylic acids is 1. The van der Waals surface area contributed by atoms with Crippen LogP contribution in [0.4, 0.5) is 4.39 Å². The van der Waals surface area contributed by atoms with Gasteiger partial charge in [-0.15, -0.1) is 11.3 Å². The van der Waals surface area contributed by atoms with Crippen molar-refractivity contribution in [2.24, 2.45) is 0 Å². The van der Waals surface area contributed by atoms with Crippen LogP contribution < -0.4 is 9.47 Å². The molecular weight excluding hydrogens is 451 g/mol. The van der Waals surface area contributed by atoms with Crippen LogP contribution in [0.15, 0.2) is 41.8 Å². The largest absolute Gasteiger partial charge is 0.486 e. The van der Waals surface area contributed by atoms with E-state index in [2.05, 4.69) is 5.38 Å². The lowest BCUT2D eigenvalue weighted by molar-refractivity contribution is -0.131. The fourth-order valence-electron chi connectivity index (χ4n) is 4.15. The van der Waals surface area contributed by atoms with E-state index in [4.69, 9.17) is 26.1 Å². The van der Waals surface area contributed by atoms with Crippen molar-refractivity contribution in [3.8, 4) is 22.8 Å². The molecular formula is C24H22ClFN2O3S. The number of amides is 1. The van der Waals surface area contributed by atoms with Crippen LogP contribution in [-0.2, 0) is 11.2 Å². The quantitative estimate of drug-likeness (QED) is 0.515. The second-order valence-electron chi connectivity index (χ2n) is 7.96. The highest BCUT2D eigenvalue weighted by atomic mass is 35.5. The molecule has 32 heavy (non-hydrogen) atoms. The van der Waals surface area contributed by atoms with Crippen molar-refractivity contribution < 1.29 is 18.7 Å². The number of rotatable bonds is 4. The van der Waals surface area contributed by atoms with Gasteiger partial charge >= 0.3 is 0 Å². The standard InChI is InChI=1S/C24H22ClFN2O3S/c25-18-2-1-3-19(26)17(18)13-23(29)28-8-6-15(7-9-28)24-27-20(14-32-24)16-4-5-21-22(12-16)31-11-10-30-21/h1-5,12,14-15H,6-11,13H2. The molecule has 1 aromatic heterocycles. The summed E-state index contributed by atoms with van der Waals surface area (Å²) in [6.45, 7) is 2.39. The molecule has 0 atom stereocenters. The Kier molecular flexibility index (Phi) is 6.02. The second kappa shape index (κ2) is 9.08. The minimum Gasteiger partial charge on any atom is -0.486 e. The van der Waals surface area contributed by atoms with Crippen LogP contribution in [0.5, 0.6) is 11.5 Å². The number of nitrogens with zero attached hydrogens (tertiary/aromatic N) is 2. The molecule has 0 radical (unpaired) electrons. The third-order valence-electron chi connectivity index (χ3n) is 5.95. The molecule has 5 nitrogen and oxygen atoms in total. The van der Waals surface area contributed by atoms with E-state index in [1.165, 1.54) is 6.07 Å². The van der Waals surface area contributed by atoms with Crippen molar-refractivity contribution in [1.82, 2.24) is 9.88 Å². The van der Waals surface area contributed by atoms with E-state index < -0.39 is 5.82 Å². The number of hydrogen-bond donors (Lipinski definition) is 0.